The first-order valence-electron chi connectivity index (χ1n) is 12.5. The van der Waals surface area contributed by atoms with E-state index in [-0.39, 0.29) is 54.6 Å². The number of aromatic hydroxyl groups is 1. The first-order valence-corrected chi connectivity index (χ1v) is 13.5. The minimum Gasteiger partial charge on any atom is -0.508 e. The third-order valence-corrected chi connectivity index (χ3v) is 8.03. The Morgan fingerprint density at radius 2 is 1.78 bits per heavy atom. The first kappa shape index (κ1) is 29.4. The predicted octanol–water partition coefficient (Wildman–Crippen LogP) is -0.865. The monoisotopic (exact) mass is 589 g/mol. The maximum atomic E-state index is 13.4. The van der Waals surface area contributed by atoms with E-state index in [9.17, 15) is 43.8 Å². The zero-order valence-corrected chi connectivity index (χ0v) is 22.8. The predicted molar refractivity (Wildman–Crippen MR) is 140 cm³/mol. The van der Waals surface area contributed by atoms with Gasteiger partial charge in [0, 0.05) is 37.9 Å². The summed E-state index contributed by atoms with van der Waals surface area (Å²) >= 11 is 1.16. The van der Waals surface area contributed by atoms with Gasteiger partial charge >= 0.3 is 29.8 Å². The molecule has 4 N–H and O–H groups in total. The van der Waals surface area contributed by atoms with Crippen LogP contribution in [0, 0.1) is 0 Å². The van der Waals surface area contributed by atoms with Gasteiger partial charge in [0.25, 0.3) is 5.91 Å². The largest absolute Gasteiger partial charge is 0.508 e. The molecule has 0 aromatic heterocycles. The molecule has 3 aliphatic heterocycles. The van der Waals surface area contributed by atoms with Gasteiger partial charge in [0.05, 0.1) is 0 Å². The maximum Gasteiger partial charge on any atom is 0.352 e. The number of urea groups is 1. The first-order chi connectivity index (χ1) is 19.4. The number of carboxylic acid groups (broad SMARTS) is 1. The van der Waals surface area contributed by atoms with Gasteiger partial charge in [-0.25, -0.2) is 9.59 Å². The summed E-state index contributed by atoms with van der Waals surface area (Å²) in [5.74, 6) is -5.49. The highest BCUT2D eigenvalue weighted by Crippen LogP contribution is 2.40. The van der Waals surface area contributed by atoms with E-state index in [1.54, 1.807) is 6.92 Å². The molecule has 2 saturated heterocycles. The number of benzene rings is 1. The molecule has 218 valence electrons. The summed E-state index contributed by atoms with van der Waals surface area (Å²) in [4.78, 5) is 90.4. The molecule has 4 rings (SSSR count). The molecular formula is C25H27N5O10S. The lowest BCUT2D eigenvalue weighted by Crippen LogP contribution is -2.71. The van der Waals surface area contributed by atoms with Gasteiger partial charge in [-0.15, -0.1) is 11.8 Å². The molecule has 1 aromatic rings. The van der Waals surface area contributed by atoms with E-state index in [1.165, 1.54) is 36.1 Å². The Kier molecular flexibility index (Phi) is 8.51. The molecule has 0 radical (unpaired) electrons. The lowest BCUT2D eigenvalue weighted by Gasteiger charge is -2.49. The Hall–Kier alpha value is -4.60. The van der Waals surface area contributed by atoms with E-state index in [1.807, 2.05) is 0 Å². The van der Waals surface area contributed by atoms with Gasteiger partial charge < -0.3 is 30.5 Å². The molecule has 2 fully saturated rings. The number of nitrogens with zero attached hydrogens (tertiary/aromatic N) is 3. The molecule has 3 atom stereocenters. The van der Waals surface area contributed by atoms with Gasteiger partial charge in [0.2, 0.25) is 5.91 Å². The summed E-state index contributed by atoms with van der Waals surface area (Å²) in [7, 11) is 0. The van der Waals surface area contributed by atoms with Crippen LogP contribution in [-0.4, -0.2) is 110 Å². The van der Waals surface area contributed by atoms with Crippen molar-refractivity contribution in [3.05, 3.63) is 41.1 Å². The summed E-state index contributed by atoms with van der Waals surface area (Å²) in [5, 5.41) is 23.6. The van der Waals surface area contributed by atoms with E-state index in [4.69, 9.17) is 4.74 Å². The number of hydrogen-bond acceptors (Lipinski definition) is 10. The second-order valence-electron chi connectivity index (χ2n) is 9.25. The lowest BCUT2D eigenvalue weighted by molar-refractivity contribution is -0.153. The van der Waals surface area contributed by atoms with E-state index in [0.717, 1.165) is 16.7 Å². The van der Waals surface area contributed by atoms with Crippen LogP contribution in [0.2, 0.25) is 0 Å². The number of thioether (sulfide) groups is 1. The lowest BCUT2D eigenvalue weighted by atomic mass is 10.0. The van der Waals surface area contributed by atoms with Gasteiger partial charge in [-0.2, -0.15) is 0 Å². The molecule has 41 heavy (non-hydrogen) atoms. The van der Waals surface area contributed by atoms with Crippen molar-refractivity contribution < 1.29 is 48.5 Å². The Morgan fingerprint density at radius 1 is 1.10 bits per heavy atom. The summed E-state index contributed by atoms with van der Waals surface area (Å²) < 4.78 is 4.91. The van der Waals surface area contributed by atoms with E-state index in [0.29, 0.717) is 4.90 Å². The standard InChI is InChI=1S/C25H27N5O10S/c1-3-28-8-9-29(22(36)21(28)35)25(39)27-16(13-4-6-15(32)7-5-13)19(33)26-17-20(34)30-18(24(37)38)14(10-40-12(2)31)11-41-23(17)30/h4-7,16-17,23,32H,3,8-11H2,1-2H3,(H,26,33)(H,27,39)(H,37,38)/t16-,17?,23?/m1/s1. The van der Waals surface area contributed by atoms with Crippen LogP contribution in [0.3, 0.4) is 0 Å². The number of piperazine rings is 1. The van der Waals surface area contributed by atoms with Gasteiger partial charge in [-0.05, 0) is 24.6 Å². The average molecular weight is 590 g/mol. The smallest absolute Gasteiger partial charge is 0.352 e. The topological polar surface area (TPSA) is 203 Å². The van der Waals surface area contributed by atoms with Crippen molar-refractivity contribution in [2.75, 3.05) is 32.0 Å². The highest BCUT2D eigenvalue weighted by atomic mass is 32.2. The summed E-state index contributed by atoms with van der Waals surface area (Å²) in [6.07, 6.45) is 0. The number of likely N-dealkylation sites (N-methyl/N-ethyl adjacent to an activating group) is 1. The number of ether oxygens (including phenoxy) is 1. The second-order valence-corrected chi connectivity index (χ2v) is 10.4. The molecule has 15 nitrogen and oxygen atoms in total. The van der Waals surface area contributed by atoms with Crippen LogP contribution in [0.5, 0.6) is 5.75 Å². The van der Waals surface area contributed by atoms with Crippen molar-refractivity contribution in [3.63, 3.8) is 0 Å². The van der Waals surface area contributed by atoms with Crippen molar-refractivity contribution >= 4 is 53.4 Å². The van der Waals surface area contributed by atoms with Gasteiger partial charge in [0.15, 0.2) is 0 Å². The van der Waals surface area contributed by atoms with Crippen molar-refractivity contribution in [2.45, 2.75) is 31.3 Å². The number of carboxylic acids is 1. The molecule has 0 spiro atoms. The molecule has 1 aromatic carbocycles. The second kappa shape index (κ2) is 11.9. The number of phenolic OH excluding ortho intramolecular Hbond substituents is 1. The molecular weight excluding hydrogens is 562 g/mol. The Morgan fingerprint density at radius 3 is 2.39 bits per heavy atom. The molecule has 0 bridgehead atoms. The Labute approximate surface area is 237 Å². The highest BCUT2D eigenvalue weighted by molar-refractivity contribution is 8.00. The van der Waals surface area contributed by atoms with Crippen LogP contribution < -0.4 is 10.6 Å². The Balaban J connectivity index is 1.52. The third-order valence-electron chi connectivity index (χ3n) is 6.69. The number of phenols is 1. The zero-order valence-electron chi connectivity index (χ0n) is 22.0. The molecule has 0 aliphatic carbocycles. The zero-order chi connectivity index (χ0) is 30.0. The van der Waals surface area contributed by atoms with Crippen molar-refractivity contribution in [1.29, 1.82) is 0 Å². The number of aliphatic carboxylic acids is 1. The highest BCUT2D eigenvalue weighted by Gasteiger charge is 2.54. The van der Waals surface area contributed by atoms with Crippen LogP contribution in [0.15, 0.2) is 35.5 Å². The molecule has 3 heterocycles. The number of imide groups is 1. The number of carbonyl (C=O) groups excluding carboxylic acids is 6. The molecule has 6 amide bonds. The molecule has 2 unspecified atom stereocenters. The summed E-state index contributed by atoms with van der Waals surface area (Å²) in [6, 6.07) is 1.67. The van der Waals surface area contributed by atoms with Crippen LogP contribution in [0.4, 0.5) is 4.79 Å². The van der Waals surface area contributed by atoms with Gasteiger partial charge in [-0.1, -0.05) is 12.1 Å². The number of amides is 6. The number of rotatable bonds is 8. The van der Waals surface area contributed by atoms with Crippen LogP contribution in [-0.2, 0) is 33.5 Å². The average Bonchev–Trinajstić information content (AvgIpc) is 2.94. The normalized spacial score (nSPS) is 21.1. The quantitative estimate of drug-likeness (QED) is 0.167. The summed E-state index contributed by atoms with van der Waals surface area (Å²) in [5.41, 5.74) is 0.0984. The van der Waals surface area contributed by atoms with Crippen molar-refractivity contribution in [1.82, 2.24) is 25.3 Å². The van der Waals surface area contributed by atoms with Crippen LogP contribution in [0.25, 0.3) is 0 Å². The fraction of sp³-hybridized carbons (Fsp3) is 0.400. The van der Waals surface area contributed by atoms with Gasteiger partial charge in [0.1, 0.15) is 35.5 Å². The minimum absolute atomic E-state index is 0.0943. The fourth-order valence-corrected chi connectivity index (χ4v) is 5.89. The Bertz CT molecular complexity index is 1350. The van der Waals surface area contributed by atoms with E-state index >= 15 is 0 Å². The SMILES string of the molecule is CCN1CCN(C(=O)N[C@@H](C(=O)NC2C(=O)N3C(C(=O)O)=C(COC(C)=O)CSC23)c2ccc(O)cc2)C(=O)C1=O. The van der Waals surface area contributed by atoms with Crippen molar-refractivity contribution in [3.8, 4) is 5.75 Å². The van der Waals surface area contributed by atoms with Crippen LogP contribution in [0.1, 0.15) is 25.5 Å². The van der Waals surface area contributed by atoms with Gasteiger partial charge in [-0.3, -0.25) is 33.8 Å². The third kappa shape index (κ3) is 5.82. The molecule has 3 aliphatic rings. The number of carbonyl (C=O) groups is 7. The number of hydrogen-bond donors (Lipinski definition) is 4. The van der Waals surface area contributed by atoms with Crippen LogP contribution >= 0.6 is 11.8 Å². The van der Waals surface area contributed by atoms with Crippen molar-refractivity contribution in [2.24, 2.45) is 0 Å². The maximum absolute atomic E-state index is 13.4. The van der Waals surface area contributed by atoms with E-state index < -0.39 is 59.1 Å². The number of fused-ring (bicyclic) bond motifs is 1. The number of β-lactam (4-membered cyclic amide) rings is 1. The number of esters is 1. The molecule has 16 heteroatoms. The fourth-order valence-electron chi connectivity index (χ4n) is 4.56. The summed E-state index contributed by atoms with van der Waals surface area (Å²) in [6.45, 7) is 2.86. The van der Waals surface area contributed by atoms with E-state index in [2.05, 4.69) is 10.6 Å². The number of nitrogens with one attached hydrogen (secondary N) is 2. The molecule has 0 saturated carbocycles. The minimum atomic E-state index is -1.44.